The van der Waals surface area contributed by atoms with Crippen LogP contribution in [0.15, 0.2) is 72.8 Å². The van der Waals surface area contributed by atoms with Crippen molar-refractivity contribution in [2.24, 2.45) is 5.92 Å². The zero-order valence-electron chi connectivity index (χ0n) is 23.2. The van der Waals surface area contributed by atoms with Crippen molar-refractivity contribution in [2.75, 3.05) is 19.6 Å². The van der Waals surface area contributed by atoms with Crippen LogP contribution in [-0.4, -0.2) is 63.4 Å². The fourth-order valence-corrected chi connectivity index (χ4v) is 8.93. The molecule has 3 aromatic carbocycles. The maximum atomic E-state index is 12.9. The molecule has 3 aromatic rings. The van der Waals surface area contributed by atoms with Crippen LogP contribution in [0.2, 0.25) is 0 Å². The van der Waals surface area contributed by atoms with Crippen molar-refractivity contribution < 1.29 is 14.9 Å². The average Bonchev–Trinajstić information content (AvgIpc) is 3.72. The van der Waals surface area contributed by atoms with Gasteiger partial charge in [0, 0.05) is 37.3 Å². The standard InChI is InChI=1S/C35H40N2O3/c38-29-14-13-27-21-30-35(39)17-15-28(33-34(35,31(27)32(29)40-33)18-20-37(30)23-26-11-12-26)36(22-25-9-5-2-6-10-25)19-16-24-7-3-1-4-8-24/h1-10,13-14,26,28,30,33,38-39H,11-12,15-23H2/t28-,30-,33+,34+,35-/m1/s1. The van der Waals surface area contributed by atoms with Crippen LogP contribution in [0.25, 0.3) is 0 Å². The molecule has 1 spiro atoms. The number of aromatic hydroxyl groups is 1. The smallest absolute Gasteiger partial charge is 0.165 e. The van der Waals surface area contributed by atoms with Crippen LogP contribution in [0.1, 0.15) is 54.4 Å². The Morgan fingerprint density at radius 3 is 2.40 bits per heavy atom. The van der Waals surface area contributed by atoms with Gasteiger partial charge in [-0.05, 0) is 80.2 Å². The van der Waals surface area contributed by atoms with E-state index in [1.54, 1.807) is 0 Å². The van der Waals surface area contributed by atoms with Crippen LogP contribution >= 0.6 is 0 Å². The van der Waals surface area contributed by atoms with E-state index < -0.39 is 11.0 Å². The van der Waals surface area contributed by atoms with Crippen LogP contribution in [-0.2, 0) is 24.8 Å². The van der Waals surface area contributed by atoms with Gasteiger partial charge in [0.25, 0.3) is 0 Å². The fraction of sp³-hybridized carbons (Fsp3) is 0.486. The molecule has 208 valence electrons. The highest BCUT2D eigenvalue weighted by atomic mass is 16.5. The minimum Gasteiger partial charge on any atom is -0.504 e. The number of nitrogens with zero attached hydrogens (tertiary/aromatic N) is 2. The second-order valence-electron chi connectivity index (χ2n) is 13.1. The van der Waals surface area contributed by atoms with Gasteiger partial charge in [-0.25, -0.2) is 0 Å². The van der Waals surface area contributed by atoms with E-state index in [1.807, 2.05) is 6.07 Å². The Morgan fingerprint density at radius 1 is 0.900 bits per heavy atom. The van der Waals surface area contributed by atoms with E-state index in [1.165, 1.54) is 29.5 Å². The topological polar surface area (TPSA) is 56.2 Å². The maximum Gasteiger partial charge on any atom is 0.165 e. The molecule has 0 radical (unpaired) electrons. The Balaban J connectivity index is 1.19. The molecule has 2 N–H and O–H groups in total. The number of hydrogen-bond acceptors (Lipinski definition) is 5. The first-order valence-corrected chi connectivity index (χ1v) is 15.4. The molecule has 5 heteroatoms. The van der Waals surface area contributed by atoms with Gasteiger partial charge < -0.3 is 14.9 Å². The lowest BCUT2D eigenvalue weighted by Gasteiger charge is -2.65. The number of benzene rings is 3. The molecule has 0 amide bonds. The zero-order chi connectivity index (χ0) is 26.9. The first-order valence-electron chi connectivity index (χ1n) is 15.4. The summed E-state index contributed by atoms with van der Waals surface area (Å²) in [5, 5.41) is 23.9. The van der Waals surface area contributed by atoms with Crippen LogP contribution in [0, 0.1) is 5.92 Å². The number of aliphatic hydroxyl groups is 1. The van der Waals surface area contributed by atoms with Gasteiger partial charge >= 0.3 is 0 Å². The molecule has 40 heavy (non-hydrogen) atoms. The molecule has 2 saturated carbocycles. The van der Waals surface area contributed by atoms with Gasteiger partial charge in [-0.15, -0.1) is 0 Å². The second-order valence-corrected chi connectivity index (χ2v) is 13.1. The molecule has 1 saturated heterocycles. The summed E-state index contributed by atoms with van der Waals surface area (Å²) < 4.78 is 6.92. The van der Waals surface area contributed by atoms with Gasteiger partial charge in [0.05, 0.1) is 11.0 Å². The van der Waals surface area contributed by atoms with Crippen molar-refractivity contribution >= 4 is 0 Å². The summed E-state index contributed by atoms with van der Waals surface area (Å²) >= 11 is 0. The first-order chi connectivity index (χ1) is 19.6. The minimum absolute atomic E-state index is 0.115. The molecular weight excluding hydrogens is 496 g/mol. The number of phenolic OH excluding ortho intramolecular Hbond substituents is 1. The van der Waals surface area contributed by atoms with E-state index in [9.17, 15) is 10.2 Å². The predicted octanol–water partition coefficient (Wildman–Crippen LogP) is 5.07. The molecule has 3 aliphatic carbocycles. The van der Waals surface area contributed by atoms with Crippen LogP contribution in [0.3, 0.4) is 0 Å². The van der Waals surface area contributed by atoms with E-state index >= 15 is 0 Å². The lowest BCUT2D eigenvalue weighted by Crippen LogP contribution is -2.78. The third-order valence-corrected chi connectivity index (χ3v) is 11.0. The normalized spacial score (nSPS) is 32.1. The van der Waals surface area contributed by atoms with E-state index in [2.05, 4.69) is 76.5 Å². The van der Waals surface area contributed by atoms with Gasteiger partial charge in [-0.3, -0.25) is 9.80 Å². The van der Waals surface area contributed by atoms with Gasteiger partial charge in [0.2, 0.25) is 0 Å². The number of phenols is 1. The molecular formula is C35H40N2O3. The van der Waals surface area contributed by atoms with Gasteiger partial charge in [-0.2, -0.15) is 0 Å². The highest BCUT2D eigenvalue weighted by Crippen LogP contribution is 2.66. The Labute approximate surface area is 237 Å². The minimum atomic E-state index is -0.842. The van der Waals surface area contributed by atoms with Gasteiger partial charge in [-0.1, -0.05) is 66.7 Å². The number of piperidine rings is 1. The van der Waals surface area contributed by atoms with Crippen molar-refractivity contribution in [1.82, 2.24) is 9.80 Å². The molecule has 5 aliphatic rings. The van der Waals surface area contributed by atoms with Crippen LogP contribution < -0.4 is 4.74 Å². The number of hydrogen-bond donors (Lipinski definition) is 2. The summed E-state index contributed by atoms with van der Waals surface area (Å²) in [5.74, 6) is 1.66. The number of rotatable bonds is 8. The molecule has 8 rings (SSSR count). The van der Waals surface area contributed by atoms with Crippen LogP contribution in [0.5, 0.6) is 11.5 Å². The summed E-state index contributed by atoms with van der Waals surface area (Å²) in [6, 6.07) is 25.7. The molecule has 5 nitrogen and oxygen atoms in total. The quantitative estimate of drug-likeness (QED) is 0.421. The highest BCUT2D eigenvalue weighted by molar-refractivity contribution is 5.62. The lowest BCUT2D eigenvalue weighted by molar-refractivity contribution is -0.201. The van der Waals surface area contributed by atoms with Gasteiger partial charge in [0.1, 0.15) is 6.10 Å². The van der Waals surface area contributed by atoms with Crippen molar-refractivity contribution in [1.29, 1.82) is 0 Å². The van der Waals surface area contributed by atoms with E-state index in [0.29, 0.717) is 5.75 Å². The first kappa shape index (κ1) is 24.9. The third kappa shape index (κ3) is 3.71. The summed E-state index contributed by atoms with van der Waals surface area (Å²) in [5.41, 5.74) is 3.70. The number of ether oxygens (including phenoxy) is 1. The van der Waals surface area contributed by atoms with Crippen molar-refractivity contribution in [3.63, 3.8) is 0 Å². The number of likely N-dealkylation sites (tertiary alicyclic amines) is 1. The average molecular weight is 537 g/mol. The highest BCUT2D eigenvalue weighted by Gasteiger charge is 2.73. The molecule has 2 bridgehead atoms. The summed E-state index contributed by atoms with van der Waals surface area (Å²) in [7, 11) is 0. The Morgan fingerprint density at radius 2 is 1.65 bits per heavy atom. The monoisotopic (exact) mass is 536 g/mol. The predicted molar refractivity (Wildman–Crippen MR) is 156 cm³/mol. The van der Waals surface area contributed by atoms with Crippen molar-refractivity contribution in [3.05, 3.63) is 95.1 Å². The maximum absolute atomic E-state index is 12.9. The van der Waals surface area contributed by atoms with E-state index in [-0.39, 0.29) is 23.9 Å². The second kappa shape index (κ2) is 9.34. The largest absolute Gasteiger partial charge is 0.504 e. The molecule has 0 aromatic heterocycles. The summed E-state index contributed by atoms with van der Waals surface area (Å²) in [6.45, 7) is 3.87. The summed E-state index contributed by atoms with van der Waals surface area (Å²) in [4.78, 5) is 5.23. The Kier molecular flexibility index (Phi) is 5.81. The lowest BCUT2D eigenvalue weighted by atomic mass is 9.48. The summed E-state index contributed by atoms with van der Waals surface area (Å²) in [6.07, 6.45) is 6.83. The SMILES string of the molecule is Oc1ccc2c3c1O[C@H]1[C@H](N(CCc4ccccc4)Cc4ccccc4)CC[C@@]4(O)[C@@H](C2)N(CC2CC2)CC[C@]314. The third-order valence-electron chi connectivity index (χ3n) is 11.0. The molecule has 5 atom stereocenters. The molecule has 0 unspecified atom stereocenters. The van der Waals surface area contributed by atoms with E-state index in [0.717, 1.165) is 69.8 Å². The molecule has 3 fully saturated rings. The Bertz CT molecular complexity index is 1390. The Hall–Kier alpha value is -2.86. The zero-order valence-corrected chi connectivity index (χ0v) is 23.2. The fourth-order valence-electron chi connectivity index (χ4n) is 8.93. The van der Waals surface area contributed by atoms with E-state index in [4.69, 9.17) is 4.74 Å². The van der Waals surface area contributed by atoms with Gasteiger partial charge in [0.15, 0.2) is 11.5 Å². The molecule has 2 aliphatic heterocycles. The van der Waals surface area contributed by atoms with Crippen molar-refractivity contribution in [3.8, 4) is 11.5 Å². The van der Waals surface area contributed by atoms with Crippen LogP contribution in [0.4, 0.5) is 0 Å². The molecule has 2 heterocycles. The van der Waals surface area contributed by atoms with Crippen molar-refractivity contribution in [2.45, 2.75) is 80.7 Å².